The summed E-state index contributed by atoms with van der Waals surface area (Å²) in [6.45, 7) is 0. The fourth-order valence-electron chi connectivity index (χ4n) is 1.94. The zero-order valence-electron chi connectivity index (χ0n) is 10.9. The normalized spacial score (nSPS) is 14.9. The number of methoxy groups -OCH3 is 1. The minimum absolute atomic E-state index is 0.0440. The summed E-state index contributed by atoms with van der Waals surface area (Å²) in [5, 5.41) is 10.5. The van der Waals surface area contributed by atoms with Crippen molar-refractivity contribution in [3.8, 4) is 11.5 Å². The fourth-order valence-corrected chi connectivity index (χ4v) is 1.94. The van der Waals surface area contributed by atoms with Gasteiger partial charge in [-0.1, -0.05) is 0 Å². The van der Waals surface area contributed by atoms with Gasteiger partial charge in [-0.2, -0.15) is 0 Å². The van der Waals surface area contributed by atoms with E-state index < -0.39 is 10.8 Å². The standard InChI is InChI=1S/C14H9NO6/c1-19-8-2-4-11-10(6-8)14(16)12(21-11)7-9-3-5-13(20-9)15(17)18/h2-7H,1H3/b12-7-. The molecule has 3 rings (SSSR count). The van der Waals surface area contributed by atoms with Gasteiger partial charge in [0.1, 0.15) is 22.2 Å². The third kappa shape index (κ3) is 2.25. The van der Waals surface area contributed by atoms with Gasteiger partial charge in [-0.3, -0.25) is 14.9 Å². The van der Waals surface area contributed by atoms with Gasteiger partial charge in [-0.05, 0) is 24.3 Å². The Bertz CT molecular complexity index is 774. The number of fused-ring (bicyclic) bond motifs is 1. The van der Waals surface area contributed by atoms with Crippen LogP contribution in [0, 0.1) is 10.1 Å². The molecule has 0 saturated heterocycles. The molecule has 2 aromatic rings. The van der Waals surface area contributed by atoms with Gasteiger partial charge < -0.3 is 13.9 Å². The molecule has 0 unspecified atom stereocenters. The molecule has 0 saturated carbocycles. The highest BCUT2D eigenvalue weighted by Crippen LogP contribution is 2.34. The summed E-state index contributed by atoms with van der Waals surface area (Å²) in [4.78, 5) is 22.1. The van der Waals surface area contributed by atoms with E-state index in [1.165, 1.54) is 25.3 Å². The molecule has 1 aliphatic heterocycles. The van der Waals surface area contributed by atoms with E-state index in [1.807, 2.05) is 0 Å². The van der Waals surface area contributed by atoms with Crippen LogP contribution in [-0.4, -0.2) is 17.8 Å². The lowest BCUT2D eigenvalue weighted by Crippen LogP contribution is -1.98. The molecule has 7 nitrogen and oxygen atoms in total. The largest absolute Gasteiger partial charge is 0.497 e. The third-order valence-electron chi connectivity index (χ3n) is 2.94. The van der Waals surface area contributed by atoms with E-state index in [0.29, 0.717) is 17.1 Å². The summed E-state index contributed by atoms with van der Waals surface area (Å²) in [5.74, 6) is 0.440. The molecular weight excluding hydrogens is 278 g/mol. The zero-order chi connectivity index (χ0) is 15.0. The molecule has 1 aliphatic rings. The average Bonchev–Trinajstić information content (AvgIpc) is 3.05. The Balaban J connectivity index is 1.93. The second kappa shape index (κ2) is 4.78. The van der Waals surface area contributed by atoms with E-state index in [2.05, 4.69) is 0 Å². The number of nitrogens with zero attached hydrogens (tertiary/aromatic N) is 1. The van der Waals surface area contributed by atoms with E-state index in [9.17, 15) is 14.9 Å². The number of carbonyl (C=O) groups is 1. The molecule has 0 aliphatic carbocycles. The van der Waals surface area contributed by atoms with Crippen LogP contribution in [0.25, 0.3) is 6.08 Å². The van der Waals surface area contributed by atoms with Crippen molar-refractivity contribution in [3.63, 3.8) is 0 Å². The lowest BCUT2D eigenvalue weighted by Gasteiger charge is -2.00. The number of carbonyl (C=O) groups excluding carboxylic acids is 1. The van der Waals surface area contributed by atoms with Crippen LogP contribution in [0.2, 0.25) is 0 Å². The number of Topliss-reactive ketones (excluding diaryl/α,β-unsaturated/α-hetero) is 1. The van der Waals surface area contributed by atoms with Crippen molar-refractivity contribution in [2.45, 2.75) is 0 Å². The summed E-state index contributed by atoms with van der Waals surface area (Å²) < 4.78 is 15.4. The summed E-state index contributed by atoms with van der Waals surface area (Å²) in [7, 11) is 1.50. The number of allylic oxidation sites excluding steroid dienone is 1. The predicted molar refractivity (Wildman–Crippen MR) is 71.3 cm³/mol. The predicted octanol–water partition coefficient (Wildman–Crippen LogP) is 2.81. The first kappa shape index (κ1) is 12.9. The first-order valence-electron chi connectivity index (χ1n) is 5.95. The van der Waals surface area contributed by atoms with Gasteiger partial charge in [-0.15, -0.1) is 0 Å². The van der Waals surface area contributed by atoms with Crippen molar-refractivity contribution in [2.75, 3.05) is 7.11 Å². The molecule has 0 spiro atoms. The first-order valence-corrected chi connectivity index (χ1v) is 5.95. The molecule has 0 amide bonds. The summed E-state index contributed by atoms with van der Waals surface area (Å²) in [5.41, 5.74) is 0.377. The van der Waals surface area contributed by atoms with Crippen molar-refractivity contribution in [3.05, 3.63) is 57.5 Å². The van der Waals surface area contributed by atoms with Gasteiger partial charge in [0.15, 0.2) is 5.76 Å². The van der Waals surface area contributed by atoms with Gasteiger partial charge >= 0.3 is 5.88 Å². The third-order valence-corrected chi connectivity index (χ3v) is 2.94. The molecule has 7 heteroatoms. The lowest BCUT2D eigenvalue weighted by molar-refractivity contribution is -0.402. The van der Waals surface area contributed by atoms with Crippen LogP contribution in [0.5, 0.6) is 11.5 Å². The molecule has 1 aromatic heterocycles. The Hall–Kier alpha value is -3.09. The van der Waals surface area contributed by atoms with E-state index in [-0.39, 0.29) is 17.3 Å². The minimum atomic E-state index is -0.654. The number of ketones is 1. The Morgan fingerprint density at radius 2 is 2.10 bits per heavy atom. The van der Waals surface area contributed by atoms with Crippen LogP contribution in [0.15, 0.2) is 40.5 Å². The van der Waals surface area contributed by atoms with Crippen molar-refractivity contribution in [1.82, 2.24) is 0 Å². The Morgan fingerprint density at radius 1 is 1.29 bits per heavy atom. The van der Waals surface area contributed by atoms with E-state index >= 15 is 0 Å². The smallest absolute Gasteiger partial charge is 0.433 e. The van der Waals surface area contributed by atoms with Crippen molar-refractivity contribution in [1.29, 1.82) is 0 Å². The van der Waals surface area contributed by atoms with Crippen molar-refractivity contribution < 1.29 is 23.6 Å². The number of benzene rings is 1. The second-order valence-electron chi connectivity index (χ2n) is 4.23. The second-order valence-corrected chi connectivity index (χ2v) is 4.23. The Labute approximate surface area is 118 Å². The molecule has 21 heavy (non-hydrogen) atoms. The van der Waals surface area contributed by atoms with Crippen molar-refractivity contribution in [2.24, 2.45) is 0 Å². The van der Waals surface area contributed by atoms with Gasteiger partial charge in [0.05, 0.1) is 18.7 Å². The number of ether oxygens (including phenoxy) is 2. The molecule has 106 valence electrons. The SMILES string of the molecule is COc1ccc2c(c1)C(=O)/C(=C/c1ccc([N+](=O)[O-])o1)O2. The number of rotatable bonds is 3. The topological polar surface area (TPSA) is 91.8 Å². The molecule has 0 radical (unpaired) electrons. The molecule has 0 N–H and O–H groups in total. The molecule has 0 atom stereocenters. The summed E-state index contributed by atoms with van der Waals surface area (Å²) in [6.07, 6.45) is 1.32. The van der Waals surface area contributed by atoms with Crippen LogP contribution in [0.1, 0.15) is 16.1 Å². The minimum Gasteiger partial charge on any atom is -0.497 e. The van der Waals surface area contributed by atoms with E-state index in [0.717, 1.165) is 0 Å². The van der Waals surface area contributed by atoms with Gasteiger partial charge in [0.25, 0.3) is 0 Å². The lowest BCUT2D eigenvalue weighted by atomic mass is 10.1. The first-order chi connectivity index (χ1) is 10.1. The highest BCUT2D eigenvalue weighted by atomic mass is 16.6. The maximum atomic E-state index is 12.2. The maximum Gasteiger partial charge on any atom is 0.433 e. The van der Waals surface area contributed by atoms with Gasteiger partial charge in [0.2, 0.25) is 5.78 Å². The number of hydrogen-bond donors (Lipinski definition) is 0. The van der Waals surface area contributed by atoms with Crippen LogP contribution in [0.3, 0.4) is 0 Å². The van der Waals surface area contributed by atoms with Gasteiger partial charge in [0, 0.05) is 6.08 Å². The Morgan fingerprint density at radius 3 is 2.76 bits per heavy atom. The number of nitro groups is 1. The van der Waals surface area contributed by atoms with E-state index in [1.54, 1.807) is 18.2 Å². The van der Waals surface area contributed by atoms with Crippen LogP contribution in [-0.2, 0) is 0 Å². The highest BCUT2D eigenvalue weighted by molar-refractivity contribution is 6.14. The zero-order valence-corrected chi connectivity index (χ0v) is 10.9. The fraction of sp³-hybridized carbons (Fsp3) is 0.0714. The Kier molecular flexibility index (Phi) is 2.94. The summed E-state index contributed by atoms with van der Waals surface area (Å²) >= 11 is 0. The molecule has 0 bridgehead atoms. The highest BCUT2D eigenvalue weighted by Gasteiger charge is 2.28. The maximum absolute atomic E-state index is 12.2. The molecular formula is C14H9NO6. The molecule has 0 fully saturated rings. The summed E-state index contributed by atoms with van der Waals surface area (Å²) in [6, 6.07) is 7.47. The van der Waals surface area contributed by atoms with Crippen LogP contribution < -0.4 is 9.47 Å². The average molecular weight is 287 g/mol. The van der Waals surface area contributed by atoms with Crippen molar-refractivity contribution >= 4 is 17.7 Å². The van der Waals surface area contributed by atoms with E-state index in [4.69, 9.17) is 13.9 Å². The van der Waals surface area contributed by atoms with Crippen LogP contribution >= 0.6 is 0 Å². The van der Waals surface area contributed by atoms with Gasteiger partial charge in [-0.25, -0.2) is 0 Å². The molecule has 2 heterocycles. The number of furan rings is 1. The van der Waals surface area contributed by atoms with Crippen LogP contribution in [0.4, 0.5) is 5.88 Å². The monoisotopic (exact) mass is 287 g/mol. The molecule has 1 aromatic carbocycles. The number of hydrogen-bond acceptors (Lipinski definition) is 6. The quantitative estimate of drug-likeness (QED) is 0.489.